The van der Waals surface area contributed by atoms with Crippen molar-refractivity contribution >= 4 is 11.6 Å². The van der Waals surface area contributed by atoms with Gasteiger partial charge in [0.2, 0.25) is 0 Å². The fourth-order valence-electron chi connectivity index (χ4n) is 1.17. The van der Waals surface area contributed by atoms with E-state index in [1.54, 1.807) is 0 Å². The van der Waals surface area contributed by atoms with E-state index < -0.39 is 0 Å². The van der Waals surface area contributed by atoms with E-state index in [1.807, 2.05) is 13.8 Å². The molecule has 0 bridgehead atoms. The fraction of sp³-hybridized carbons (Fsp3) is 0.882. The van der Waals surface area contributed by atoms with Gasteiger partial charge in [-0.3, -0.25) is 9.59 Å². The minimum absolute atomic E-state index is 0. The molecule has 0 radical (unpaired) electrons. The monoisotopic (exact) mass is 280 g/mol. The van der Waals surface area contributed by atoms with Gasteiger partial charge in [-0.05, 0) is 12.8 Å². The highest BCUT2D eigenvalue weighted by atomic mass is 16.1. The van der Waals surface area contributed by atoms with Crippen LogP contribution in [-0.2, 0) is 9.59 Å². The van der Waals surface area contributed by atoms with E-state index in [4.69, 9.17) is 0 Å². The van der Waals surface area contributed by atoms with Crippen LogP contribution in [0.15, 0.2) is 0 Å². The number of hydrogen-bond acceptors (Lipinski definition) is 2. The summed E-state index contributed by atoms with van der Waals surface area (Å²) in [5.74, 6) is 0.670. The second kappa shape index (κ2) is 30.4. The predicted octanol–water partition coefficient (Wildman–Crippen LogP) is 6.71. The van der Waals surface area contributed by atoms with Crippen LogP contribution in [0.25, 0.3) is 0 Å². The zero-order chi connectivity index (χ0) is 10.1. The molecule has 0 aliphatic carbocycles. The van der Waals surface area contributed by atoms with E-state index in [9.17, 15) is 9.59 Å². The van der Waals surface area contributed by atoms with Gasteiger partial charge < -0.3 is 0 Å². The first kappa shape index (κ1) is 42.9. The Morgan fingerprint density at radius 3 is 1.05 bits per heavy atom. The van der Waals surface area contributed by atoms with Crippen LogP contribution in [-0.4, -0.2) is 11.6 Å². The van der Waals surface area contributed by atoms with Crippen LogP contribution in [0.2, 0.25) is 0 Å². The number of hydrogen-bond donors (Lipinski definition) is 0. The third-order valence-electron chi connectivity index (χ3n) is 2.20. The fourth-order valence-corrected chi connectivity index (χ4v) is 1.17. The number of rotatable bonds is 8. The normalized spacial score (nSPS) is 6.84. The first-order valence-corrected chi connectivity index (χ1v) is 5.24. The summed E-state index contributed by atoms with van der Waals surface area (Å²) in [5, 5.41) is 0. The molecule has 124 valence electrons. The molecule has 0 aliphatic heterocycles. The summed E-state index contributed by atoms with van der Waals surface area (Å²) in [6, 6.07) is 0. The van der Waals surface area contributed by atoms with Gasteiger partial charge in [0.1, 0.15) is 11.6 Å². The number of carbonyl (C=O) groups excluding carboxylic acids is 2. The highest BCUT2D eigenvalue weighted by Gasteiger charge is 2.00. The lowest BCUT2D eigenvalue weighted by atomic mass is 10.1. The molecule has 0 spiro atoms. The lowest BCUT2D eigenvalue weighted by molar-refractivity contribution is -0.119. The molecule has 0 aromatic carbocycles. The number of ketones is 2. The summed E-state index contributed by atoms with van der Waals surface area (Å²) >= 11 is 0. The molecule has 0 unspecified atom stereocenters. The third kappa shape index (κ3) is 31.7. The lowest BCUT2D eigenvalue weighted by Gasteiger charge is -1.98. The topological polar surface area (TPSA) is 34.1 Å². The molecular formula is C17H44O2. The number of Topliss-reactive ketones (excluding diaryl/α,β-unsaturated/α-hetero) is 2. The Morgan fingerprint density at radius 2 is 0.842 bits per heavy atom. The van der Waals surface area contributed by atoms with Crippen LogP contribution in [0.4, 0.5) is 0 Å². The molecule has 0 rings (SSSR count). The molecule has 2 nitrogen and oxygen atoms in total. The molecule has 19 heavy (non-hydrogen) atoms. The van der Waals surface area contributed by atoms with E-state index in [1.165, 1.54) is 0 Å². The van der Waals surface area contributed by atoms with Gasteiger partial charge in [0.25, 0.3) is 0 Å². The van der Waals surface area contributed by atoms with Gasteiger partial charge in [0.05, 0.1) is 0 Å². The smallest absolute Gasteiger partial charge is 0.132 e. The van der Waals surface area contributed by atoms with Crippen LogP contribution < -0.4 is 0 Å². The summed E-state index contributed by atoms with van der Waals surface area (Å²) in [5.41, 5.74) is 0. The number of carbonyl (C=O) groups is 2. The molecular weight excluding hydrogens is 236 g/mol. The minimum atomic E-state index is 0. The standard InChI is InChI=1S/C11H20O2.6CH4/c1-3-10(12)8-6-5-7-9-11(13)4-2;;;;;;/h3-9H2,1-2H3;6*1H4. The highest BCUT2D eigenvalue weighted by molar-refractivity contribution is 5.78. The van der Waals surface area contributed by atoms with Crippen molar-refractivity contribution in [3.63, 3.8) is 0 Å². The van der Waals surface area contributed by atoms with Crippen molar-refractivity contribution in [3.8, 4) is 0 Å². The van der Waals surface area contributed by atoms with E-state index in [-0.39, 0.29) is 44.6 Å². The van der Waals surface area contributed by atoms with Crippen molar-refractivity contribution in [3.05, 3.63) is 0 Å². The van der Waals surface area contributed by atoms with E-state index in [2.05, 4.69) is 0 Å². The van der Waals surface area contributed by atoms with Gasteiger partial charge in [-0.15, -0.1) is 0 Å². The van der Waals surface area contributed by atoms with Crippen LogP contribution in [0, 0.1) is 0 Å². The van der Waals surface area contributed by atoms with Crippen molar-refractivity contribution < 1.29 is 9.59 Å². The maximum atomic E-state index is 10.9. The van der Waals surface area contributed by atoms with Gasteiger partial charge >= 0.3 is 0 Å². The lowest BCUT2D eigenvalue weighted by Crippen LogP contribution is -1.96. The zero-order valence-corrected chi connectivity index (χ0v) is 8.77. The molecule has 2 heteroatoms. The molecule has 0 N–H and O–H groups in total. The summed E-state index contributed by atoms with van der Waals surface area (Å²) in [6.07, 6.45) is 5.58. The van der Waals surface area contributed by atoms with Crippen LogP contribution in [0.5, 0.6) is 0 Å². The zero-order valence-electron chi connectivity index (χ0n) is 8.77. The molecule has 0 saturated heterocycles. The van der Waals surface area contributed by atoms with Gasteiger partial charge in [0.15, 0.2) is 0 Å². The maximum Gasteiger partial charge on any atom is 0.132 e. The van der Waals surface area contributed by atoms with Gasteiger partial charge in [-0.1, -0.05) is 64.8 Å². The Labute approximate surface area is 125 Å². The van der Waals surface area contributed by atoms with Gasteiger partial charge in [-0.2, -0.15) is 0 Å². The summed E-state index contributed by atoms with van der Waals surface area (Å²) in [6.45, 7) is 3.78. The Morgan fingerprint density at radius 1 is 0.579 bits per heavy atom. The Balaban J connectivity index is -0.0000000480. The van der Waals surface area contributed by atoms with Crippen LogP contribution in [0.3, 0.4) is 0 Å². The van der Waals surface area contributed by atoms with Crippen LogP contribution in [0.1, 0.15) is 103 Å². The molecule has 0 heterocycles. The van der Waals surface area contributed by atoms with Crippen molar-refractivity contribution in [2.45, 2.75) is 103 Å². The molecule has 0 fully saturated rings. The summed E-state index contributed by atoms with van der Waals surface area (Å²) in [4.78, 5) is 21.8. The quantitative estimate of drug-likeness (QED) is 0.463. The van der Waals surface area contributed by atoms with E-state index in [0.717, 1.165) is 19.3 Å². The highest BCUT2D eigenvalue weighted by Crippen LogP contribution is 2.05. The van der Waals surface area contributed by atoms with Gasteiger partial charge in [-0.25, -0.2) is 0 Å². The average molecular weight is 281 g/mol. The Bertz CT molecular complexity index is 145. The molecule has 0 amide bonds. The maximum absolute atomic E-state index is 10.9. The SMILES string of the molecule is C.C.C.C.C.C.CCC(=O)CCCCCC(=O)CC. The molecule has 0 atom stereocenters. The summed E-state index contributed by atoms with van der Waals surface area (Å²) in [7, 11) is 0. The molecule has 0 aromatic heterocycles. The summed E-state index contributed by atoms with van der Waals surface area (Å²) < 4.78 is 0. The van der Waals surface area contributed by atoms with Crippen molar-refractivity contribution in [1.82, 2.24) is 0 Å². The third-order valence-corrected chi connectivity index (χ3v) is 2.20. The molecule has 0 aliphatic rings. The Kier molecular flexibility index (Phi) is 68.6. The minimum Gasteiger partial charge on any atom is -0.300 e. The van der Waals surface area contributed by atoms with Gasteiger partial charge in [0, 0.05) is 25.7 Å². The molecule has 0 aromatic rings. The average Bonchev–Trinajstić information content (AvgIpc) is 2.16. The van der Waals surface area contributed by atoms with Crippen molar-refractivity contribution in [1.29, 1.82) is 0 Å². The van der Waals surface area contributed by atoms with Crippen molar-refractivity contribution in [2.75, 3.05) is 0 Å². The molecule has 0 saturated carbocycles. The Hall–Kier alpha value is -0.660. The van der Waals surface area contributed by atoms with Crippen LogP contribution >= 0.6 is 0 Å². The largest absolute Gasteiger partial charge is 0.300 e. The number of unbranched alkanes of at least 4 members (excludes halogenated alkanes) is 2. The van der Waals surface area contributed by atoms with Crippen molar-refractivity contribution in [2.24, 2.45) is 0 Å². The predicted molar refractivity (Wildman–Crippen MR) is 94.1 cm³/mol. The first-order chi connectivity index (χ1) is 6.20. The second-order valence-corrected chi connectivity index (χ2v) is 3.35. The van der Waals surface area contributed by atoms with E-state index >= 15 is 0 Å². The second-order valence-electron chi connectivity index (χ2n) is 3.35. The first-order valence-electron chi connectivity index (χ1n) is 5.24. The van der Waals surface area contributed by atoms with E-state index in [0.29, 0.717) is 37.2 Å².